The monoisotopic (exact) mass is 482 g/mol. The number of H-pyrrole nitrogens is 1. The highest BCUT2D eigenvalue weighted by molar-refractivity contribution is 5.92. The van der Waals surface area contributed by atoms with Crippen LogP contribution in [0.3, 0.4) is 0 Å². The summed E-state index contributed by atoms with van der Waals surface area (Å²) in [6, 6.07) is 8.39. The summed E-state index contributed by atoms with van der Waals surface area (Å²) in [5.41, 5.74) is 2.71. The quantitative estimate of drug-likeness (QED) is 0.368. The van der Waals surface area contributed by atoms with E-state index in [-0.39, 0.29) is 11.7 Å². The van der Waals surface area contributed by atoms with Crippen LogP contribution < -0.4 is 0 Å². The minimum absolute atomic E-state index is 0.184. The van der Waals surface area contributed by atoms with Crippen LogP contribution in [0.2, 0.25) is 0 Å². The van der Waals surface area contributed by atoms with Crippen LogP contribution in [0.25, 0.3) is 22.2 Å². The van der Waals surface area contributed by atoms with Crippen LogP contribution in [0.15, 0.2) is 36.4 Å². The van der Waals surface area contributed by atoms with Gasteiger partial charge in [-0.05, 0) is 111 Å². The Labute approximate surface area is 204 Å². The first-order chi connectivity index (χ1) is 16.9. The second kappa shape index (κ2) is 10.2. The van der Waals surface area contributed by atoms with Crippen molar-refractivity contribution >= 4 is 16.7 Å². The summed E-state index contributed by atoms with van der Waals surface area (Å²) in [6.45, 7) is 2.16. The molecule has 3 aromatic rings. The van der Waals surface area contributed by atoms with Crippen molar-refractivity contribution in [1.82, 2.24) is 9.88 Å². The number of Topliss-reactive ketones (excluding diaryl/α,β-unsaturated/α-hetero) is 1. The minimum Gasteiger partial charge on any atom is -0.352 e. The number of nitrogens with one attached hydrogen (secondary N) is 1. The maximum Gasteiger partial charge on any atom is 0.150 e. The Bertz CT molecular complexity index is 1200. The van der Waals surface area contributed by atoms with E-state index in [2.05, 4.69) is 16.9 Å². The van der Waals surface area contributed by atoms with E-state index in [4.69, 9.17) is 0 Å². The van der Waals surface area contributed by atoms with Crippen molar-refractivity contribution in [3.8, 4) is 11.3 Å². The smallest absolute Gasteiger partial charge is 0.150 e. The fourth-order valence-corrected chi connectivity index (χ4v) is 6.17. The molecule has 1 aliphatic heterocycles. The molecule has 0 bridgehead atoms. The summed E-state index contributed by atoms with van der Waals surface area (Å²) in [4.78, 5) is 17.9. The Balaban J connectivity index is 1.23. The van der Waals surface area contributed by atoms with Gasteiger partial charge in [0.05, 0.1) is 11.2 Å². The molecular weight excluding hydrogens is 449 g/mol. The number of ketones is 1. The first kappa shape index (κ1) is 24.1. The number of hydrogen-bond acceptors (Lipinski definition) is 2. The van der Waals surface area contributed by atoms with Crippen molar-refractivity contribution in [3.63, 3.8) is 0 Å². The predicted molar refractivity (Wildman–Crippen MR) is 133 cm³/mol. The van der Waals surface area contributed by atoms with Crippen LogP contribution in [-0.2, 0) is 4.79 Å². The van der Waals surface area contributed by atoms with Crippen molar-refractivity contribution in [2.24, 2.45) is 11.8 Å². The van der Waals surface area contributed by atoms with Gasteiger partial charge in [-0.2, -0.15) is 0 Å². The van der Waals surface area contributed by atoms with Crippen molar-refractivity contribution < 1.29 is 18.0 Å². The Morgan fingerprint density at radius 3 is 2.57 bits per heavy atom. The molecule has 2 fully saturated rings. The molecule has 1 aliphatic carbocycles. The predicted octanol–water partition coefficient (Wildman–Crippen LogP) is 7.22. The van der Waals surface area contributed by atoms with E-state index in [0.717, 1.165) is 68.1 Å². The molecule has 0 amide bonds. The Hall–Kier alpha value is -2.60. The fourth-order valence-electron chi connectivity index (χ4n) is 6.17. The van der Waals surface area contributed by atoms with Crippen LogP contribution in [-0.4, -0.2) is 35.8 Å². The van der Waals surface area contributed by atoms with Gasteiger partial charge in [-0.25, -0.2) is 13.2 Å². The van der Waals surface area contributed by atoms with Crippen LogP contribution in [0, 0.1) is 29.3 Å². The maximum atomic E-state index is 14.5. The number of halogens is 3. The number of carbonyl (C=O) groups excluding carboxylic acids is 1. The third-order valence-electron chi connectivity index (χ3n) is 7.95. The minimum atomic E-state index is -0.617. The summed E-state index contributed by atoms with van der Waals surface area (Å²) in [5.74, 6) is 0.0238. The van der Waals surface area contributed by atoms with Crippen LogP contribution in [0.5, 0.6) is 0 Å². The van der Waals surface area contributed by atoms with E-state index in [1.807, 2.05) is 0 Å². The van der Waals surface area contributed by atoms with E-state index >= 15 is 0 Å². The van der Waals surface area contributed by atoms with E-state index in [1.165, 1.54) is 24.6 Å². The molecule has 5 rings (SSSR count). The number of likely N-dealkylation sites (tertiary alicyclic amines) is 1. The molecule has 1 atom stereocenters. The molecule has 2 aromatic carbocycles. The van der Waals surface area contributed by atoms with E-state index in [9.17, 15) is 18.0 Å². The van der Waals surface area contributed by atoms with Gasteiger partial charge in [-0.3, -0.25) is 4.79 Å². The van der Waals surface area contributed by atoms with Crippen molar-refractivity contribution in [3.05, 3.63) is 59.4 Å². The molecular formula is C29H33F3N2O. The zero-order valence-electron chi connectivity index (χ0n) is 20.3. The molecule has 35 heavy (non-hydrogen) atoms. The number of aromatic nitrogens is 1. The number of fused-ring (bicyclic) bond motifs is 1. The normalized spacial score (nSPS) is 22.9. The van der Waals surface area contributed by atoms with Crippen LogP contribution in [0.4, 0.5) is 13.2 Å². The van der Waals surface area contributed by atoms with E-state index in [0.29, 0.717) is 41.4 Å². The zero-order chi connectivity index (χ0) is 24.5. The van der Waals surface area contributed by atoms with Gasteiger partial charge in [0, 0.05) is 30.8 Å². The molecule has 6 heteroatoms. The summed E-state index contributed by atoms with van der Waals surface area (Å²) in [6.07, 6.45) is 7.45. The van der Waals surface area contributed by atoms with Gasteiger partial charge >= 0.3 is 0 Å². The molecule has 0 spiro atoms. The molecule has 186 valence electrons. The van der Waals surface area contributed by atoms with Crippen molar-refractivity contribution in [2.75, 3.05) is 20.1 Å². The lowest BCUT2D eigenvalue weighted by Gasteiger charge is -2.36. The van der Waals surface area contributed by atoms with Crippen LogP contribution >= 0.6 is 0 Å². The lowest BCUT2D eigenvalue weighted by atomic mass is 9.68. The highest BCUT2D eigenvalue weighted by Gasteiger charge is 2.34. The molecule has 1 saturated carbocycles. The standard InChI is InChI=1S/C29H33F3N2O/c1-34-11-3-5-19(17-34)14-24(35)6-2-4-18-12-21(13-18)27-25-15-23(31)16-26(32)29(25)33-28(27)20-7-9-22(30)10-8-20/h7-10,15-16,18-19,21,33H,2-6,11-14,17H2,1H3/t18-,19?,21-. The third-order valence-corrected chi connectivity index (χ3v) is 7.95. The molecule has 1 saturated heterocycles. The zero-order valence-corrected chi connectivity index (χ0v) is 20.3. The average molecular weight is 483 g/mol. The van der Waals surface area contributed by atoms with E-state index in [1.54, 1.807) is 12.1 Å². The number of carbonyl (C=O) groups is 1. The Morgan fingerprint density at radius 2 is 1.83 bits per heavy atom. The van der Waals surface area contributed by atoms with Gasteiger partial charge in [-0.1, -0.05) is 0 Å². The van der Waals surface area contributed by atoms with Gasteiger partial charge in [-0.15, -0.1) is 0 Å². The second-order valence-electron chi connectivity index (χ2n) is 10.7. The number of hydrogen-bond donors (Lipinski definition) is 1. The summed E-state index contributed by atoms with van der Waals surface area (Å²) >= 11 is 0. The third kappa shape index (κ3) is 5.32. The van der Waals surface area contributed by atoms with Crippen molar-refractivity contribution in [1.29, 1.82) is 0 Å². The number of benzene rings is 2. The molecule has 1 unspecified atom stereocenters. The highest BCUT2D eigenvalue weighted by atomic mass is 19.1. The molecule has 2 aliphatic rings. The SMILES string of the molecule is CN1CCCC(CC(=O)CCC[C@H]2C[C@H](c3c(-c4ccc(F)cc4)[nH]c4c(F)cc(F)cc43)C2)C1. The summed E-state index contributed by atoms with van der Waals surface area (Å²) in [5, 5.41) is 0.568. The Morgan fingerprint density at radius 1 is 1.06 bits per heavy atom. The Kier molecular flexibility index (Phi) is 7.01. The lowest BCUT2D eigenvalue weighted by molar-refractivity contribution is -0.120. The first-order valence-electron chi connectivity index (χ1n) is 12.8. The van der Waals surface area contributed by atoms with Crippen LogP contribution in [0.1, 0.15) is 62.8 Å². The number of nitrogens with zero attached hydrogens (tertiary/aromatic N) is 1. The van der Waals surface area contributed by atoms with Crippen molar-refractivity contribution in [2.45, 2.75) is 57.3 Å². The molecule has 0 radical (unpaired) electrons. The fraction of sp³-hybridized carbons (Fsp3) is 0.483. The summed E-state index contributed by atoms with van der Waals surface area (Å²) < 4.78 is 42.1. The van der Waals surface area contributed by atoms with Gasteiger partial charge < -0.3 is 9.88 Å². The highest BCUT2D eigenvalue weighted by Crippen LogP contribution is 2.49. The summed E-state index contributed by atoms with van der Waals surface area (Å²) in [7, 11) is 2.13. The van der Waals surface area contributed by atoms with Gasteiger partial charge in [0.15, 0.2) is 0 Å². The lowest BCUT2D eigenvalue weighted by Crippen LogP contribution is -2.33. The number of piperidine rings is 1. The largest absolute Gasteiger partial charge is 0.352 e. The molecule has 3 nitrogen and oxygen atoms in total. The molecule has 1 N–H and O–H groups in total. The number of rotatable bonds is 8. The average Bonchev–Trinajstić information content (AvgIpc) is 3.15. The van der Waals surface area contributed by atoms with Gasteiger partial charge in [0.1, 0.15) is 23.2 Å². The molecule has 2 heterocycles. The van der Waals surface area contributed by atoms with E-state index < -0.39 is 11.6 Å². The maximum absolute atomic E-state index is 14.5. The van der Waals surface area contributed by atoms with Gasteiger partial charge in [0.2, 0.25) is 0 Å². The molecule has 1 aromatic heterocycles. The first-order valence-corrected chi connectivity index (χ1v) is 12.8. The number of aromatic amines is 1. The second-order valence-corrected chi connectivity index (χ2v) is 10.7. The van der Waals surface area contributed by atoms with Gasteiger partial charge in [0.25, 0.3) is 0 Å². The topological polar surface area (TPSA) is 36.1 Å².